The van der Waals surface area contributed by atoms with E-state index in [-0.39, 0.29) is 0 Å². The molecule has 0 radical (unpaired) electrons. The first-order valence-corrected chi connectivity index (χ1v) is 8.09. The molecule has 1 aromatic carbocycles. The highest BCUT2D eigenvalue weighted by Crippen LogP contribution is 2.30. The van der Waals surface area contributed by atoms with E-state index in [1.807, 2.05) is 18.2 Å². The van der Waals surface area contributed by atoms with Gasteiger partial charge in [-0.15, -0.1) is 0 Å². The number of rotatable bonds is 7. The molecule has 3 nitrogen and oxygen atoms in total. The summed E-state index contributed by atoms with van der Waals surface area (Å²) in [6, 6.07) is 8.12. The number of ether oxygens (including phenoxy) is 1. The van der Waals surface area contributed by atoms with Gasteiger partial charge in [0.25, 0.3) is 0 Å². The van der Waals surface area contributed by atoms with Gasteiger partial charge in [0.05, 0.1) is 12.8 Å². The molecule has 0 amide bonds. The molecule has 2 aromatic rings. The molecule has 1 N–H and O–H groups in total. The van der Waals surface area contributed by atoms with Gasteiger partial charge in [0.2, 0.25) is 0 Å². The minimum absolute atomic E-state index is 0.420. The third kappa shape index (κ3) is 4.35. The summed E-state index contributed by atoms with van der Waals surface area (Å²) in [4.78, 5) is 0. The fourth-order valence-corrected chi connectivity index (χ4v) is 2.53. The van der Waals surface area contributed by atoms with Crippen LogP contribution in [0.3, 0.4) is 0 Å². The predicted molar refractivity (Wildman–Crippen MR) is 88.7 cm³/mol. The maximum atomic E-state index is 6.01. The lowest BCUT2D eigenvalue weighted by Crippen LogP contribution is -2.13. The third-order valence-electron chi connectivity index (χ3n) is 3.35. The number of nitrogens with one attached hydrogen (secondary N) is 1. The molecule has 1 heterocycles. The topological polar surface area (TPSA) is 34.4 Å². The van der Waals surface area contributed by atoms with Crippen molar-refractivity contribution in [2.24, 2.45) is 0 Å². The maximum absolute atomic E-state index is 6.01. The van der Waals surface area contributed by atoms with Gasteiger partial charge in [-0.05, 0) is 42.3 Å². The molecule has 4 heteroatoms. The Balaban J connectivity index is 2.08. The number of benzene rings is 1. The Morgan fingerprint density at radius 2 is 2.10 bits per heavy atom. The zero-order valence-electron chi connectivity index (χ0n) is 12.8. The summed E-state index contributed by atoms with van der Waals surface area (Å²) < 4.78 is 12.6. The predicted octanol–water partition coefficient (Wildman–Crippen LogP) is 4.85. The van der Waals surface area contributed by atoms with Gasteiger partial charge in [0.15, 0.2) is 0 Å². The van der Waals surface area contributed by atoms with Gasteiger partial charge in [-0.25, -0.2) is 0 Å². The molecule has 0 unspecified atom stereocenters. The van der Waals surface area contributed by atoms with Gasteiger partial charge in [0.1, 0.15) is 18.1 Å². The monoisotopic (exact) mass is 351 g/mol. The number of halogens is 1. The molecule has 0 aliphatic heterocycles. The molecule has 0 saturated carbocycles. The Morgan fingerprint density at radius 3 is 2.81 bits per heavy atom. The van der Waals surface area contributed by atoms with Crippen LogP contribution in [0.1, 0.15) is 43.6 Å². The first-order chi connectivity index (χ1) is 10.1. The van der Waals surface area contributed by atoms with Crippen LogP contribution in [0.2, 0.25) is 0 Å². The summed E-state index contributed by atoms with van der Waals surface area (Å²) in [6.45, 7) is 8.60. The van der Waals surface area contributed by atoms with Gasteiger partial charge in [0, 0.05) is 10.0 Å². The molecule has 1 aromatic heterocycles. The maximum Gasteiger partial charge on any atom is 0.124 e. The second-order valence-electron chi connectivity index (χ2n) is 5.27. The van der Waals surface area contributed by atoms with E-state index in [2.05, 4.69) is 48.1 Å². The molecular formula is C17H22BrNO2. The Hall–Kier alpha value is -1.26. The normalized spacial score (nSPS) is 11.1. The number of furan rings is 1. The Bertz CT molecular complexity index is 578. The molecule has 0 saturated heterocycles. The molecule has 0 aliphatic carbocycles. The van der Waals surface area contributed by atoms with Crippen molar-refractivity contribution in [3.8, 4) is 5.75 Å². The van der Waals surface area contributed by atoms with Gasteiger partial charge in [-0.2, -0.15) is 0 Å². The Labute approximate surface area is 134 Å². The van der Waals surface area contributed by atoms with Crippen molar-refractivity contribution in [3.05, 3.63) is 51.9 Å². The van der Waals surface area contributed by atoms with E-state index in [1.165, 1.54) is 5.56 Å². The van der Waals surface area contributed by atoms with Crippen molar-refractivity contribution in [2.75, 3.05) is 6.54 Å². The summed E-state index contributed by atoms with van der Waals surface area (Å²) >= 11 is 3.52. The van der Waals surface area contributed by atoms with Crippen molar-refractivity contribution < 1.29 is 9.15 Å². The van der Waals surface area contributed by atoms with Crippen molar-refractivity contribution in [1.29, 1.82) is 0 Å². The zero-order valence-corrected chi connectivity index (χ0v) is 14.4. The first kappa shape index (κ1) is 16.1. The van der Waals surface area contributed by atoms with E-state index in [4.69, 9.17) is 9.15 Å². The first-order valence-electron chi connectivity index (χ1n) is 7.30. The van der Waals surface area contributed by atoms with Crippen LogP contribution < -0.4 is 10.1 Å². The fraction of sp³-hybridized carbons (Fsp3) is 0.412. The lowest BCUT2D eigenvalue weighted by atomic mass is 10.0. The zero-order chi connectivity index (χ0) is 15.2. The number of hydrogen-bond acceptors (Lipinski definition) is 3. The van der Waals surface area contributed by atoms with Crippen LogP contribution in [-0.4, -0.2) is 6.54 Å². The summed E-state index contributed by atoms with van der Waals surface area (Å²) in [6.07, 6.45) is 1.72. The molecule has 21 heavy (non-hydrogen) atoms. The average molecular weight is 352 g/mol. The molecule has 0 bridgehead atoms. The van der Waals surface area contributed by atoms with Gasteiger partial charge >= 0.3 is 0 Å². The van der Waals surface area contributed by atoms with E-state index in [9.17, 15) is 0 Å². The van der Waals surface area contributed by atoms with Crippen LogP contribution in [0, 0.1) is 0 Å². The molecule has 0 spiro atoms. The van der Waals surface area contributed by atoms with Crippen molar-refractivity contribution >= 4 is 15.9 Å². The van der Waals surface area contributed by atoms with Crippen LogP contribution in [0.15, 0.2) is 39.4 Å². The highest BCUT2D eigenvalue weighted by atomic mass is 79.9. The molecule has 2 rings (SSSR count). The largest absolute Gasteiger partial charge is 0.488 e. The summed E-state index contributed by atoms with van der Waals surface area (Å²) in [7, 11) is 0. The average Bonchev–Trinajstić information content (AvgIpc) is 2.91. The van der Waals surface area contributed by atoms with E-state index in [0.29, 0.717) is 12.5 Å². The summed E-state index contributed by atoms with van der Waals surface area (Å²) in [5.74, 6) is 2.30. The van der Waals surface area contributed by atoms with Gasteiger partial charge < -0.3 is 14.5 Å². The molecule has 0 atom stereocenters. The van der Waals surface area contributed by atoms with E-state index in [1.54, 1.807) is 6.26 Å². The van der Waals surface area contributed by atoms with Crippen LogP contribution in [0.4, 0.5) is 0 Å². The highest BCUT2D eigenvalue weighted by Gasteiger charge is 2.11. The summed E-state index contributed by atoms with van der Waals surface area (Å²) in [5, 5.41) is 3.27. The lowest BCUT2D eigenvalue weighted by molar-refractivity contribution is 0.297. The summed E-state index contributed by atoms with van der Waals surface area (Å²) in [5.41, 5.74) is 2.30. The van der Waals surface area contributed by atoms with Gasteiger partial charge in [-0.3, -0.25) is 0 Å². The minimum atomic E-state index is 0.420. The second kappa shape index (κ2) is 7.66. The van der Waals surface area contributed by atoms with Crippen LogP contribution in [-0.2, 0) is 13.2 Å². The number of hydrogen-bond donors (Lipinski definition) is 1. The molecule has 114 valence electrons. The van der Waals surface area contributed by atoms with Crippen molar-refractivity contribution in [2.45, 2.75) is 39.8 Å². The highest BCUT2D eigenvalue weighted by molar-refractivity contribution is 9.10. The van der Waals surface area contributed by atoms with Crippen molar-refractivity contribution in [3.63, 3.8) is 0 Å². The fourth-order valence-electron chi connectivity index (χ4n) is 2.15. The van der Waals surface area contributed by atoms with Crippen LogP contribution in [0.25, 0.3) is 0 Å². The van der Waals surface area contributed by atoms with Crippen LogP contribution >= 0.6 is 15.9 Å². The molecule has 0 aliphatic rings. The smallest absolute Gasteiger partial charge is 0.124 e. The van der Waals surface area contributed by atoms with E-state index >= 15 is 0 Å². The third-order valence-corrected chi connectivity index (χ3v) is 3.84. The molecule has 0 fully saturated rings. The quantitative estimate of drug-likeness (QED) is 0.773. The SMILES string of the molecule is CCNCc1occc1COc1ccc(Br)cc1C(C)C. The van der Waals surface area contributed by atoms with Gasteiger partial charge in [-0.1, -0.05) is 36.7 Å². The van der Waals surface area contributed by atoms with E-state index in [0.717, 1.165) is 34.6 Å². The van der Waals surface area contributed by atoms with E-state index < -0.39 is 0 Å². The standard InChI is InChI=1S/C17H22BrNO2/c1-4-19-10-17-13(7-8-20-17)11-21-16-6-5-14(18)9-15(16)12(2)3/h5-9,12,19H,4,10-11H2,1-3H3. The Morgan fingerprint density at radius 1 is 1.29 bits per heavy atom. The minimum Gasteiger partial charge on any atom is -0.488 e. The van der Waals surface area contributed by atoms with Crippen molar-refractivity contribution in [1.82, 2.24) is 5.32 Å². The second-order valence-corrected chi connectivity index (χ2v) is 6.19. The van der Waals surface area contributed by atoms with Crippen LogP contribution in [0.5, 0.6) is 5.75 Å². The Kier molecular flexibility index (Phi) is 5.88. The molecular weight excluding hydrogens is 330 g/mol. The lowest BCUT2D eigenvalue weighted by Gasteiger charge is -2.14.